The Morgan fingerprint density at radius 2 is 1.34 bits per heavy atom. The molecule has 0 aliphatic carbocycles. The fourth-order valence-corrected chi connectivity index (χ4v) is 3.05. The summed E-state index contributed by atoms with van der Waals surface area (Å²) in [6.45, 7) is 1.13. The van der Waals surface area contributed by atoms with Crippen LogP contribution in [0.25, 0.3) is 0 Å². The number of esters is 2. The Morgan fingerprint density at radius 1 is 0.800 bits per heavy atom. The van der Waals surface area contributed by atoms with Crippen LogP contribution in [0.3, 0.4) is 0 Å². The molecule has 2 atom stereocenters. The zero-order chi connectivity index (χ0) is 25.6. The molecule has 2 aromatic carbocycles. The van der Waals surface area contributed by atoms with Crippen molar-refractivity contribution in [2.24, 2.45) is 0 Å². The van der Waals surface area contributed by atoms with Crippen LogP contribution in [0.15, 0.2) is 60.7 Å². The van der Waals surface area contributed by atoms with E-state index in [2.05, 4.69) is 10.6 Å². The van der Waals surface area contributed by atoms with Gasteiger partial charge in [-0.2, -0.15) is 0 Å². The number of hydrogen-bond acceptors (Lipinski definition) is 7. The number of carboxylic acid groups (broad SMARTS) is 1. The second kappa shape index (κ2) is 14.1. The third-order valence-electron chi connectivity index (χ3n) is 4.78. The summed E-state index contributed by atoms with van der Waals surface area (Å²) in [7, 11) is 0. The lowest BCUT2D eigenvalue weighted by atomic mass is 10.1. The Bertz CT molecular complexity index is 995. The van der Waals surface area contributed by atoms with Crippen LogP contribution >= 0.6 is 0 Å². The molecule has 2 amide bonds. The highest BCUT2D eigenvalue weighted by Crippen LogP contribution is 2.09. The number of amides is 2. The Balaban J connectivity index is 2.02. The number of benzene rings is 2. The van der Waals surface area contributed by atoms with Gasteiger partial charge in [-0.1, -0.05) is 60.7 Å². The Labute approximate surface area is 202 Å². The van der Waals surface area contributed by atoms with Crippen molar-refractivity contribution >= 4 is 29.7 Å². The van der Waals surface area contributed by atoms with E-state index in [1.54, 1.807) is 54.6 Å². The SMILES string of the molecule is CC(=O)N[C@@H](CC(=O)O)C(=O)N[C@@H](CCC(=O)OCc1ccccc1)C(=O)OCc1ccccc1. The van der Waals surface area contributed by atoms with E-state index in [0.717, 1.165) is 18.1 Å². The van der Waals surface area contributed by atoms with Gasteiger partial charge < -0.3 is 25.2 Å². The molecule has 2 rings (SSSR count). The Morgan fingerprint density at radius 3 is 1.86 bits per heavy atom. The van der Waals surface area contributed by atoms with Crippen molar-refractivity contribution in [3.8, 4) is 0 Å². The summed E-state index contributed by atoms with van der Waals surface area (Å²) in [5, 5.41) is 13.7. The van der Waals surface area contributed by atoms with E-state index in [4.69, 9.17) is 14.6 Å². The van der Waals surface area contributed by atoms with Crippen LogP contribution in [0.4, 0.5) is 0 Å². The first-order valence-corrected chi connectivity index (χ1v) is 10.9. The number of aliphatic carboxylic acids is 1. The molecule has 0 aliphatic rings. The molecule has 35 heavy (non-hydrogen) atoms. The number of carboxylic acids is 1. The van der Waals surface area contributed by atoms with Gasteiger partial charge >= 0.3 is 17.9 Å². The Kier molecular flexibility index (Phi) is 10.9. The second-order valence-electron chi connectivity index (χ2n) is 7.69. The van der Waals surface area contributed by atoms with Crippen LogP contribution in [0, 0.1) is 0 Å². The van der Waals surface area contributed by atoms with E-state index in [-0.39, 0.29) is 26.1 Å². The van der Waals surface area contributed by atoms with E-state index in [1.807, 2.05) is 6.07 Å². The number of nitrogens with one attached hydrogen (secondary N) is 2. The predicted molar refractivity (Wildman–Crippen MR) is 123 cm³/mol. The average Bonchev–Trinajstić information content (AvgIpc) is 2.84. The van der Waals surface area contributed by atoms with Crippen LogP contribution in [-0.2, 0) is 46.7 Å². The maximum absolute atomic E-state index is 12.7. The molecule has 186 valence electrons. The molecule has 0 saturated carbocycles. The molecule has 0 aliphatic heterocycles. The largest absolute Gasteiger partial charge is 0.481 e. The van der Waals surface area contributed by atoms with Crippen LogP contribution in [0.1, 0.15) is 37.3 Å². The molecule has 0 fully saturated rings. The van der Waals surface area contributed by atoms with Crippen molar-refractivity contribution in [2.45, 2.75) is 51.5 Å². The molecule has 2 aromatic rings. The molecule has 0 radical (unpaired) electrons. The first-order valence-electron chi connectivity index (χ1n) is 10.9. The molecule has 0 heterocycles. The predicted octanol–water partition coefficient (Wildman–Crippen LogP) is 1.72. The van der Waals surface area contributed by atoms with Crippen molar-refractivity contribution in [2.75, 3.05) is 0 Å². The van der Waals surface area contributed by atoms with Gasteiger partial charge in [0.1, 0.15) is 25.3 Å². The van der Waals surface area contributed by atoms with Gasteiger partial charge in [0, 0.05) is 13.3 Å². The van der Waals surface area contributed by atoms with Crippen LogP contribution in [0.2, 0.25) is 0 Å². The fraction of sp³-hybridized carbons (Fsp3) is 0.320. The monoisotopic (exact) mass is 484 g/mol. The van der Waals surface area contributed by atoms with Crippen molar-refractivity contribution in [3.63, 3.8) is 0 Å². The molecule has 0 bridgehead atoms. The summed E-state index contributed by atoms with van der Waals surface area (Å²) in [5.41, 5.74) is 1.51. The second-order valence-corrected chi connectivity index (χ2v) is 7.69. The van der Waals surface area contributed by atoms with Crippen molar-refractivity contribution in [3.05, 3.63) is 71.8 Å². The summed E-state index contributed by atoms with van der Waals surface area (Å²) >= 11 is 0. The van der Waals surface area contributed by atoms with Gasteiger partial charge in [-0.15, -0.1) is 0 Å². The number of rotatable bonds is 13. The van der Waals surface area contributed by atoms with E-state index in [0.29, 0.717) is 0 Å². The Hall–Kier alpha value is -4.21. The maximum atomic E-state index is 12.7. The molecule has 10 heteroatoms. The normalized spacial score (nSPS) is 12.0. The third-order valence-corrected chi connectivity index (χ3v) is 4.78. The highest BCUT2D eigenvalue weighted by Gasteiger charge is 2.29. The zero-order valence-electron chi connectivity index (χ0n) is 19.3. The summed E-state index contributed by atoms with van der Waals surface area (Å²) in [6, 6.07) is 15.2. The summed E-state index contributed by atoms with van der Waals surface area (Å²) < 4.78 is 10.5. The molecule has 0 unspecified atom stereocenters. The molecule has 3 N–H and O–H groups in total. The van der Waals surface area contributed by atoms with E-state index in [1.165, 1.54) is 0 Å². The summed E-state index contributed by atoms with van der Waals surface area (Å²) in [6.07, 6.45) is -1.04. The first kappa shape index (κ1) is 27.0. The molecule has 0 saturated heterocycles. The fourth-order valence-electron chi connectivity index (χ4n) is 3.05. The van der Waals surface area contributed by atoms with Gasteiger partial charge in [0.15, 0.2) is 0 Å². The summed E-state index contributed by atoms with van der Waals surface area (Å²) in [5.74, 6) is -4.21. The number of carbonyl (C=O) groups excluding carboxylic acids is 4. The van der Waals surface area contributed by atoms with Crippen molar-refractivity contribution < 1.29 is 38.6 Å². The van der Waals surface area contributed by atoms with E-state index >= 15 is 0 Å². The van der Waals surface area contributed by atoms with Crippen molar-refractivity contribution in [1.29, 1.82) is 0 Å². The quantitative estimate of drug-likeness (QED) is 0.364. The number of carbonyl (C=O) groups is 5. The number of ether oxygens (including phenoxy) is 2. The van der Waals surface area contributed by atoms with Crippen LogP contribution in [0.5, 0.6) is 0 Å². The smallest absolute Gasteiger partial charge is 0.328 e. The van der Waals surface area contributed by atoms with Gasteiger partial charge in [0.2, 0.25) is 11.8 Å². The van der Waals surface area contributed by atoms with Crippen LogP contribution in [-0.4, -0.2) is 46.9 Å². The molecule has 10 nitrogen and oxygen atoms in total. The minimum Gasteiger partial charge on any atom is -0.481 e. The van der Waals surface area contributed by atoms with Gasteiger partial charge in [-0.05, 0) is 17.5 Å². The van der Waals surface area contributed by atoms with Gasteiger partial charge in [-0.3, -0.25) is 19.2 Å². The molecular weight excluding hydrogens is 456 g/mol. The zero-order valence-corrected chi connectivity index (χ0v) is 19.3. The third kappa shape index (κ3) is 10.5. The van der Waals surface area contributed by atoms with Crippen LogP contribution < -0.4 is 10.6 Å². The first-order chi connectivity index (χ1) is 16.7. The van der Waals surface area contributed by atoms with Crippen molar-refractivity contribution in [1.82, 2.24) is 10.6 Å². The van der Waals surface area contributed by atoms with Gasteiger partial charge in [0.05, 0.1) is 6.42 Å². The lowest BCUT2D eigenvalue weighted by molar-refractivity contribution is -0.150. The highest BCUT2D eigenvalue weighted by molar-refractivity contribution is 5.92. The minimum atomic E-state index is -1.40. The maximum Gasteiger partial charge on any atom is 0.328 e. The van der Waals surface area contributed by atoms with Gasteiger partial charge in [0.25, 0.3) is 0 Å². The molecule has 0 aromatic heterocycles. The van der Waals surface area contributed by atoms with Gasteiger partial charge in [-0.25, -0.2) is 4.79 Å². The molecule has 0 spiro atoms. The lowest BCUT2D eigenvalue weighted by Gasteiger charge is -2.21. The highest BCUT2D eigenvalue weighted by atomic mass is 16.5. The summed E-state index contributed by atoms with van der Waals surface area (Å²) in [4.78, 5) is 60.1. The molecular formula is C25H28N2O8. The lowest BCUT2D eigenvalue weighted by Crippen LogP contribution is -2.52. The van der Waals surface area contributed by atoms with E-state index < -0.39 is 48.2 Å². The minimum absolute atomic E-state index is 0.0539. The van der Waals surface area contributed by atoms with E-state index in [9.17, 15) is 24.0 Å². The number of hydrogen-bond donors (Lipinski definition) is 3. The standard InChI is InChI=1S/C25H28N2O8/c1-17(28)26-21(14-22(29)30)24(32)27-20(25(33)35-16-19-10-6-3-7-11-19)12-13-23(31)34-15-18-8-4-2-5-9-18/h2-11,20-21H,12-16H2,1H3,(H,26,28)(H,27,32)(H,29,30)/t20-,21-/m0/s1. The topological polar surface area (TPSA) is 148 Å². The average molecular weight is 485 g/mol.